The molecule has 0 aliphatic heterocycles. The van der Waals surface area contributed by atoms with Gasteiger partial charge in [0.15, 0.2) is 0 Å². The molecule has 185 valence electrons. The third-order valence-electron chi connectivity index (χ3n) is 7.75. The Morgan fingerprint density at radius 1 is 0.595 bits per heavy atom. The predicted octanol–water partition coefficient (Wildman–Crippen LogP) is 11.3. The van der Waals surface area contributed by atoms with Crippen molar-refractivity contribution in [2.75, 3.05) is 6.66 Å². The zero-order valence-electron chi connectivity index (χ0n) is 20.1. The molecule has 0 aromatic heterocycles. The molecule has 2 aliphatic carbocycles. The summed E-state index contributed by atoms with van der Waals surface area (Å²) in [6.07, 6.45) is 4.65. The summed E-state index contributed by atoms with van der Waals surface area (Å²) >= 11 is 2.40. The zero-order chi connectivity index (χ0) is 25.8. The average molecular weight is 749 g/mol. The van der Waals surface area contributed by atoms with E-state index in [1.807, 2.05) is 0 Å². The van der Waals surface area contributed by atoms with E-state index in [9.17, 15) is 0 Å². The Bertz CT molecular complexity index is 1460. The van der Waals surface area contributed by atoms with Crippen molar-refractivity contribution in [2.24, 2.45) is 0 Å². The predicted molar refractivity (Wildman–Crippen MR) is 168 cm³/mol. The summed E-state index contributed by atoms with van der Waals surface area (Å²) in [5.41, 5.74) is 9.86. The second kappa shape index (κ2) is 10.00. The normalized spacial score (nSPS) is 19.8. The molecule has 0 amide bonds. The van der Waals surface area contributed by atoms with E-state index < -0.39 is 15.8 Å². The van der Waals surface area contributed by atoms with Crippen molar-refractivity contribution in [3.8, 4) is 0 Å². The van der Waals surface area contributed by atoms with Crippen LogP contribution in [0.25, 0.3) is 23.3 Å². The van der Waals surface area contributed by atoms with Crippen LogP contribution in [0.1, 0.15) is 40.6 Å². The van der Waals surface area contributed by atoms with E-state index in [1.165, 1.54) is 44.5 Å². The maximum atomic E-state index is 8.29. The van der Waals surface area contributed by atoms with E-state index in [4.69, 9.17) is 17.0 Å². The van der Waals surface area contributed by atoms with Crippen LogP contribution in [0, 0.1) is 0 Å². The fourth-order valence-electron chi connectivity index (χ4n) is 6.03. The Morgan fingerprint density at radius 2 is 0.973 bits per heavy atom. The first-order chi connectivity index (χ1) is 17.8. The number of allylic oxidation sites excluding steroid dienone is 2. The molecule has 37 heavy (non-hydrogen) atoms. The molecule has 4 aromatic carbocycles. The molecule has 0 bridgehead atoms. The van der Waals surface area contributed by atoms with Crippen molar-refractivity contribution in [1.29, 1.82) is 0 Å². The molecule has 0 fully saturated rings. The van der Waals surface area contributed by atoms with Crippen molar-refractivity contribution in [2.45, 2.75) is 7.25 Å². The molecule has 6 heteroatoms. The van der Waals surface area contributed by atoms with Gasteiger partial charge >= 0.3 is 247 Å². The second-order valence-electron chi connectivity index (χ2n) is 9.74. The Balaban J connectivity index is 1.61. The molecule has 3 atom stereocenters. The van der Waals surface area contributed by atoms with Gasteiger partial charge in [0, 0.05) is 0 Å². The SMILES string of the molecule is C[PH][Zr]([Cl])([Cl])([CH]1C(c2ccc(Br)cc2)=Cc2ccccc21)[CH]1C(c2ccc(Br)cc2)=Cc2ccccc21. The van der Waals surface area contributed by atoms with Gasteiger partial charge in [0.25, 0.3) is 0 Å². The molecule has 0 heterocycles. The third kappa shape index (κ3) is 4.47. The van der Waals surface area contributed by atoms with Crippen molar-refractivity contribution in [1.82, 2.24) is 0 Å². The van der Waals surface area contributed by atoms with Gasteiger partial charge in [-0.3, -0.25) is 0 Å². The van der Waals surface area contributed by atoms with Gasteiger partial charge in [-0.15, -0.1) is 0 Å². The summed E-state index contributed by atoms with van der Waals surface area (Å²) in [6.45, 7) is 2.24. The second-order valence-corrected chi connectivity index (χ2v) is 45.2. The summed E-state index contributed by atoms with van der Waals surface area (Å²) < 4.78 is 2.10. The Hall–Kier alpha value is -0.787. The van der Waals surface area contributed by atoms with Gasteiger partial charge in [-0.1, -0.05) is 0 Å². The standard InChI is InChI=1S/2C15H10Br.CH4P.2ClH.Zr/c2*16-15-7-5-11(6-8-15)14-9-12-3-1-2-4-13(12)10-14;1-2;;;/h2*1-10H;2H,1H3;2*1H;/q;;-1;;;+3/p-2. The molecule has 0 spiro atoms. The summed E-state index contributed by atoms with van der Waals surface area (Å²) in [5.74, 6) is 0.444. The van der Waals surface area contributed by atoms with Gasteiger partial charge < -0.3 is 0 Å². The molecular weight excluding hydrogens is 725 g/mol. The van der Waals surface area contributed by atoms with Crippen LogP contribution in [0.15, 0.2) is 106 Å². The summed E-state index contributed by atoms with van der Waals surface area (Å²) in [4.78, 5) is 0. The average Bonchev–Trinajstić information content (AvgIpc) is 3.50. The Kier molecular flexibility index (Phi) is 7.14. The number of hydrogen-bond acceptors (Lipinski definition) is 0. The van der Waals surface area contributed by atoms with Gasteiger partial charge in [0.1, 0.15) is 0 Å². The maximum absolute atomic E-state index is 8.29. The number of fused-ring (bicyclic) bond motifs is 2. The van der Waals surface area contributed by atoms with Gasteiger partial charge in [0.05, 0.1) is 0 Å². The number of benzene rings is 4. The van der Waals surface area contributed by atoms with E-state index in [0.717, 1.165) is 8.95 Å². The number of hydrogen-bond donors (Lipinski definition) is 0. The Labute approximate surface area is 244 Å². The molecule has 0 saturated heterocycles. The first-order valence-electron chi connectivity index (χ1n) is 12.2. The molecular formula is C31H24Br2Cl2PZr. The van der Waals surface area contributed by atoms with Crippen LogP contribution in [-0.4, -0.2) is 6.66 Å². The first kappa shape index (κ1) is 26.4. The van der Waals surface area contributed by atoms with Crippen molar-refractivity contribution >= 4 is 78.1 Å². The third-order valence-corrected chi connectivity index (χ3v) is 40.4. The zero-order valence-corrected chi connectivity index (χ0v) is 28.2. The summed E-state index contributed by atoms with van der Waals surface area (Å²) in [7, 11) is 16.6. The van der Waals surface area contributed by atoms with E-state index >= 15 is 0 Å². The Morgan fingerprint density at radius 3 is 1.35 bits per heavy atom. The van der Waals surface area contributed by atoms with E-state index in [2.05, 4.69) is 148 Å². The topological polar surface area (TPSA) is 0 Å². The van der Waals surface area contributed by atoms with Crippen molar-refractivity contribution < 1.29 is 15.8 Å². The molecule has 6 rings (SSSR count). The van der Waals surface area contributed by atoms with Crippen LogP contribution < -0.4 is 0 Å². The number of rotatable bonds is 5. The van der Waals surface area contributed by atoms with Crippen LogP contribution in [-0.2, 0) is 15.8 Å². The van der Waals surface area contributed by atoms with Crippen LogP contribution in [0.5, 0.6) is 0 Å². The monoisotopic (exact) mass is 745 g/mol. The summed E-state index contributed by atoms with van der Waals surface area (Å²) in [5, 5.41) is 0. The first-order valence-corrected chi connectivity index (χ1v) is 28.1. The number of halogens is 4. The molecule has 2 aliphatic rings. The van der Waals surface area contributed by atoms with E-state index in [-0.39, 0.29) is 7.25 Å². The van der Waals surface area contributed by atoms with Gasteiger partial charge in [-0.25, -0.2) is 0 Å². The quantitative estimate of drug-likeness (QED) is 0.178. The molecule has 0 N–H and O–H groups in total. The van der Waals surface area contributed by atoms with Crippen LogP contribution in [0.4, 0.5) is 0 Å². The van der Waals surface area contributed by atoms with Crippen molar-refractivity contribution in [3.63, 3.8) is 0 Å². The van der Waals surface area contributed by atoms with Crippen LogP contribution >= 0.6 is 54.8 Å². The molecule has 0 radical (unpaired) electrons. The van der Waals surface area contributed by atoms with Gasteiger partial charge in [-0.05, 0) is 0 Å². The van der Waals surface area contributed by atoms with Crippen molar-refractivity contribution in [3.05, 3.63) is 139 Å². The molecule has 3 unspecified atom stereocenters. The van der Waals surface area contributed by atoms with Gasteiger partial charge in [-0.2, -0.15) is 0 Å². The van der Waals surface area contributed by atoms with Crippen LogP contribution in [0.3, 0.4) is 0 Å². The van der Waals surface area contributed by atoms with Gasteiger partial charge in [0.2, 0.25) is 0 Å². The van der Waals surface area contributed by atoms with E-state index in [1.54, 1.807) is 0 Å². The molecule has 0 saturated carbocycles. The summed E-state index contributed by atoms with van der Waals surface area (Å²) in [6, 6.07) is 34.5. The fraction of sp³-hybridized carbons (Fsp3) is 0.0968. The molecule has 0 nitrogen and oxygen atoms in total. The van der Waals surface area contributed by atoms with E-state index in [0.29, 0.717) is 5.87 Å². The molecule has 4 aromatic rings. The minimum absolute atomic E-state index is 0.0134. The fourth-order valence-corrected chi connectivity index (χ4v) is 29.6. The minimum atomic E-state index is -4.81. The van der Waals surface area contributed by atoms with Crippen LogP contribution in [0.2, 0.25) is 0 Å².